The topological polar surface area (TPSA) is 72.0 Å². The first-order valence-corrected chi connectivity index (χ1v) is 11.5. The van der Waals surface area contributed by atoms with E-state index in [1.54, 1.807) is 0 Å². The second kappa shape index (κ2) is 7.73. The number of halogens is 3. The second-order valence-electron chi connectivity index (χ2n) is 9.98. The number of piperazine rings is 1. The summed E-state index contributed by atoms with van der Waals surface area (Å²) in [5.74, 6) is 1.22. The fourth-order valence-corrected chi connectivity index (χ4v) is 5.90. The molecule has 2 saturated carbocycles. The molecular formula is C23H31F3N6. The summed E-state index contributed by atoms with van der Waals surface area (Å²) in [6.45, 7) is 9.63. The van der Waals surface area contributed by atoms with Crippen LogP contribution in [0.2, 0.25) is 0 Å². The number of nitrogens with zero attached hydrogens (tertiary/aromatic N) is 4. The zero-order valence-electron chi connectivity index (χ0n) is 18.7. The molecule has 0 bridgehead atoms. The number of nitrogen functional groups attached to an aromatic ring is 1. The number of alkyl halides is 3. The molecule has 3 N–H and O–H groups in total. The molecule has 1 aliphatic heterocycles. The Bertz CT molecular complexity index is 988. The first-order chi connectivity index (χ1) is 15.1. The number of hydrogen-bond donors (Lipinski definition) is 2. The van der Waals surface area contributed by atoms with Gasteiger partial charge < -0.3 is 11.1 Å². The van der Waals surface area contributed by atoms with Gasteiger partial charge in [-0.15, -0.1) is 0 Å². The van der Waals surface area contributed by atoms with E-state index in [1.165, 1.54) is 19.0 Å². The molecule has 5 atom stereocenters. The summed E-state index contributed by atoms with van der Waals surface area (Å²) in [5, 5.41) is 8.20. The van der Waals surface area contributed by atoms with Gasteiger partial charge in [0.1, 0.15) is 5.82 Å². The minimum atomic E-state index is -4.54. The van der Waals surface area contributed by atoms with Crippen molar-refractivity contribution in [3.05, 3.63) is 29.6 Å². The molecule has 2 aromatic rings. The number of nitrogens with one attached hydrogen (secondary N) is 1. The van der Waals surface area contributed by atoms with Crippen LogP contribution in [0.3, 0.4) is 0 Å². The van der Waals surface area contributed by atoms with Crippen LogP contribution in [0.5, 0.6) is 0 Å². The Labute approximate surface area is 186 Å². The summed E-state index contributed by atoms with van der Waals surface area (Å²) in [5.41, 5.74) is 6.59. The summed E-state index contributed by atoms with van der Waals surface area (Å²) >= 11 is 0. The van der Waals surface area contributed by atoms with E-state index in [4.69, 9.17) is 5.73 Å². The largest absolute Gasteiger partial charge is 0.419 e. The summed E-state index contributed by atoms with van der Waals surface area (Å²) in [6.07, 6.45) is -0.762. The molecule has 5 rings (SSSR count). The second-order valence-corrected chi connectivity index (χ2v) is 9.98. The molecule has 2 aromatic heterocycles. The Kier molecular flexibility index (Phi) is 5.24. The monoisotopic (exact) mass is 448 g/mol. The molecular weight excluding hydrogens is 417 g/mol. The quantitative estimate of drug-likeness (QED) is 0.742. The molecule has 6 nitrogen and oxygen atoms in total. The smallest absolute Gasteiger partial charge is 0.383 e. The van der Waals surface area contributed by atoms with Crippen LogP contribution in [-0.2, 0) is 6.18 Å². The van der Waals surface area contributed by atoms with E-state index in [-0.39, 0.29) is 6.04 Å². The Morgan fingerprint density at radius 3 is 2.53 bits per heavy atom. The van der Waals surface area contributed by atoms with Gasteiger partial charge in [-0.25, -0.2) is 4.98 Å². The van der Waals surface area contributed by atoms with E-state index in [2.05, 4.69) is 41.1 Å². The lowest BCUT2D eigenvalue weighted by Gasteiger charge is -2.37. The first kappa shape index (κ1) is 21.7. The van der Waals surface area contributed by atoms with Crippen LogP contribution >= 0.6 is 0 Å². The van der Waals surface area contributed by atoms with Crippen molar-refractivity contribution in [3.8, 4) is 11.3 Å². The van der Waals surface area contributed by atoms with Crippen molar-refractivity contribution in [2.24, 2.45) is 11.8 Å². The molecule has 1 saturated heterocycles. The third kappa shape index (κ3) is 3.79. The molecule has 9 heteroatoms. The van der Waals surface area contributed by atoms with E-state index >= 15 is 0 Å². The van der Waals surface area contributed by atoms with Crippen LogP contribution in [0.25, 0.3) is 11.3 Å². The molecule has 3 heterocycles. The zero-order valence-corrected chi connectivity index (χ0v) is 18.7. The Hall–Kier alpha value is -2.13. The average Bonchev–Trinajstić information content (AvgIpc) is 3.08. The molecule has 2 aliphatic carbocycles. The number of fused-ring (bicyclic) bond motifs is 1. The number of hydrogen-bond acceptors (Lipinski definition) is 5. The molecule has 0 spiro atoms. The zero-order chi connectivity index (χ0) is 22.8. The van der Waals surface area contributed by atoms with E-state index < -0.39 is 17.6 Å². The lowest BCUT2D eigenvalue weighted by atomic mass is 10.0. The van der Waals surface area contributed by atoms with Gasteiger partial charge in [0.15, 0.2) is 0 Å². The SMILES string of the molecule is CC(C)n1nc(-c2cnc(N)c(C(F)(F)F)c2)cc1[C@H]1[C@@H]2C[C@H](N3CCN[C@@H](C)C3)C[C@@H]21. The number of rotatable bonds is 4. The average molecular weight is 449 g/mol. The standard InChI is InChI=1S/C23H31F3N6/c1-12(2)32-20(9-19(30-32)14-6-18(23(24,25)26)22(27)29-10-14)21-16-7-15(8-17(16)21)31-5-4-28-13(3)11-31/h6,9-10,12-13,15-17,21,28H,4-5,7-8,11H2,1-3H3,(H2,27,29)/t13-,15-,16+,17-,21-/m0/s1. The van der Waals surface area contributed by atoms with E-state index in [1.807, 2.05) is 10.7 Å². The molecule has 0 radical (unpaired) electrons. The number of anilines is 1. The Balaban J connectivity index is 1.37. The van der Waals surface area contributed by atoms with Gasteiger partial charge >= 0.3 is 6.18 Å². The number of aromatic nitrogens is 3. The van der Waals surface area contributed by atoms with Crippen molar-refractivity contribution in [1.82, 2.24) is 25.0 Å². The summed E-state index contributed by atoms with van der Waals surface area (Å²) in [6, 6.07) is 4.36. The van der Waals surface area contributed by atoms with Crippen molar-refractivity contribution < 1.29 is 13.2 Å². The molecule has 174 valence electrons. The third-order valence-corrected chi connectivity index (χ3v) is 7.45. The van der Waals surface area contributed by atoms with Gasteiger partial charge in [-0.3, -0.25) is 9.58 Å². The van der Waals surface area contributed by atoms with Crippen molar-refractivity contribution in [2.75, 3.05) is 25.4 Å². The predicted molar refractivity (Wildman–Crippen MR) is 117 cm³/mol. The molecule has 0 unspecified atom stereocenters. The Morgan fingerprint density at radius 1 is 1.19 bits per heavy atom. The van der Waals surface area contributed by atoms with Crippen molar-refractivity contribution in [3.63, 3.8) is 0 Å². The molecule has 32 heavy (non-hydrogen) atoms. The highest BCUT2D eigenvalue weighted by atomic mass is 19.4. The number of nitrogens with two attached hydrogens (primary N) is 1. The highest BCUT2D eigenvalue weighted by Gasteiger charge is 2.58. The number of pyridine rings is 1. The summed E-state index contributed by atoms with van der Waals surface area (Å²) < 4.78 is 41.9. The van der Waals surface area contributed by atoms with Gasteiger partial charge in [-0.2, -0.15) is 18.3 Å². The lowest BCUT2D eigenvalue weighted by molar-refractivity contribution is -0.137. The van der Waals surface area contributed by atoms with Gasteiger partial charge in [0.05, 0.1) is 11.3 Å². The lowest BCUT2D eigenvalue weighted by Crippen LogP contribution is -2.52. The molecule has 0 amide bonds. The Morgan fingerprint density at radius 2 is 1.91 bits per heavy atom. The maximum absolute atomic E-state index is 13.3. The maximum Gasteiger partial charge on any atom is 0.419 e. The first-order valence-electron chi connectivity index (χ1n) is 11.5. The molecule has 0 aromatic carbocycles. The van der Waals surface area contributed by atoms with Crippen molar-refractivity contribution in [1.29, 1.82) is 0 Å². The molecule has 3 aliphatic rings. The fourth-order valence-electron chi connectivity index (χ4n) is 5.90. The highest BCUT2D eigenvalue weighted by molar-refractivity contribution is 5.63. The highest BCUT2D eigenvalue weighted by Crippen LogP contribution is 2.64. The summed E-state index contributed by atoms with van der Waals surface area (Å²) in [4.78, 5) is 6.42. The van der Waals surface area contributed by atoms with Crippen LogP contribution < -0.4 is 11.1 Å². The van der Waals surface area contributed by atoms with Crippen LogP contribution in [0.4, 0.5) is 19.0 Å². The van der Waals surface area contributed by atoms with Gasteiger partial charge in [0.25, 0.3) is 0 Å². The van der Waals surface area contributed by atoms with Crippen molar-refractivity contribution >= 4 is 5.82 Å². The van der Waals surface area contributed by atoms with Crippen LogP contribution in [0, 0.1) is 11.8 Å². The van der Waals surface area contributed by atoms with Crippen LogP contribution in [0.1, 0.15) is 56.8 Å². The van der Waals surface area contributed by atoms with Crippen LogP contribution in [0.15, 0.2) is 18.3 Å². The van der Waals surface area contributed by atoms with Gasteiger partial charge in [-0.05, 0) is 57.6 Å². The van der Waals surface area contributed by atoms with E-state index in [0.29, 0.717) is 41.1 Å². The normalized spacial score (nSPS) is 30.7. The van der Waals surface area contributed by atoms with Gasteiger partial charge in [0, 0.05) is 61.1 Å². The van der Waals surface area contributed by atoms with Crippen LogP contribution in [-0.4, -0.2) is 51.4 Å². The fraction of sp³-hybridized carbons (Fsp3) is 0.652. The van der Waals surface area contributed by atoms with E-state index in [0.717, 1.165) is 31.4 Å². The van der Waals surface area contributed by atoms with E-state index in [9.17, 15) is 13.2 Å². The summed E-state index contributed by atoms with van der Waals surface area (Å²) in [7, 11) is 0. The minimum absolute atomic E-state index is 0.133. The minimum Gasteiger partial charge on any atom is -0.383 e. The van der Waals surface area contributed by atoms with Gasteiger partial charge in [0.2, 0.25) is 0 Å². The maximum atomic E-state index is 13.3. The van der Waals surface area contributed by atoms with Crippen molar-refractivity contribution in [2.45, 2.75) is 63.8 Å². The third-order valence-electron chi connectivity index (χ3n) is 7.45. The predicted octanol–water partition coefficient (Wildman–Crippen LogP) is 3.91. The van der Waals surface area contributed by atoms with Gasteiger partial charge in [-0.1, -0.05) is 0 Å². The molecule has 3 fully saturated rings.